The van der Waals surface area contributed by atoms with Crippen LogP contribution in [0.5, 0.6) is 0 Å². The summed E-state index contributed by atoms with van der Waals surface area (Å²) in [6, 6.07) is 0. The standard InChI is InChI=1S/C18H37N3OS.HI/c1-7-19-16(20-11-12-23(22)17(4,5)6)21-14-18(9-8-10-18)13-15(2)3;/h15H,7-14H2,1-6H3,(H2,19,20,21);1H. The van der Waals surface area contributed by atoms with Crippen molar-refractivity contribution in [2.75, 3.05) is 25.4 Å². The third kappa shape index (κ3) is 8.50. The van der Waals surface area contributed by atoms with Gasteiger partial charge in [0.2, 0.25) is 0 Å². The van der Waals surface area contributed by atoms with Crippen LogP contribution in [0.25, 0.3) is 0 Å². The van der Waals surface area contributed by atoms with Gasteiger partial charge >= 0.3 is 0 Å². The van der Waals surface area contributed by atoms with E-state index in [1.807, 2.05) is 20.8 Å². The van der Waals surface area contributed by atoms with Crippen molar-refractivity contribution in [3.8, 4) is 0 Å². The number of nitrogens with one attached hydrogen (secondary N) is 2. The van der Waals surface area contributed by atoms with E-state index in [1.54, 1.807) is 0 Å². The maximum Gasteiger partial charge on any atom is 0.191 e. The van der Waals surface area contributed by atoms with Gasteiger partial charge in [-0.15, -0.1) is 24.0 Å². The van der Waals surface area contributed by atoms with E-state index in [0.29, 0.717) is 17.7 Å². The number of halogens is 1. The molecule has 24 heavy (non-hydrogen) atoms. The van der Waals surface area contributed by atoms with Crippen molar-refractivity contribution in [2.24, 2.45) is 16.3 Å². The largest absolute Gasteiger partial charge is 0.357 e. The van der Waals surface area contributed by atoms with Crippen LogP contribution in [-0.4, -0.2) is 40.3 Å². The summed E-state index contributed by atoms with van der Waals surface area (Å²) in [6.45, 7) is 15.2. The van der Waals surface area contributed by atoms with E-state index in [1.165, 1.54) is 25.7 Å². The Kier molecular flexibility index (Phi) is 11.1. The number of guanidine groups is 1. The minimum atomic E-state index is -0.822. The molecule has 1 aliphatic carbocycles. The summed E-state index contributed by atoms with van der Waals surface area (Å²) in [4.78, 5) is 4.82. The summed E-state index contributed by atoms with van der Waals surface area (Å²) in [6.07, 6.45) is 5.23. The van der Waals surface area contributed by atoms with Gasteiger partial charge in [-0.1, -0.05) is 20.3 Å². The quantitative estimate of drug-likeness (QED) is 0.321. The lowest BCUT2D eigenvalue weighted by atomic mass is 9.64. The Hall–Kier alpha value is 0.150. The Morgan fingerprint density at radius 2 is 1.88 bits per heavy atom. The highest BCUT2D eigenvalue weighted by Crippen LogP contribution is 2.46. The summed E-state index contributed by atoms with van der Waals surface area (Å²) in [5.41, 5.74) is 0.421. The predicted octanol–water partition coefficient (Wildman–Crippen LogP) is 3.92. The van der Waals surface area contributed by atoms with Crippen molar-refractivity contribution in [1.82, 2.24) is 10.6 Å². The van der Waals surface area contributed by atoms with Gasteiger partial charge in [-0.25, -0.2) is 0 Å². The Morgan fingerprint density at radius 3 is 2.29 bits per heavy atom. The second-order valence-electron chi connectivity index (χ2n) is 8.24. The average molecular weight is 471 g/mol. The monoisotopic (exact) mass is 471 g/mol. The van der Waals surface area contributed by atoms with Crippen LogP contribution >= 0.6 is 24.0 Å². The second-order valence-corrected chi connectivity index (χ2v) is 10.6. The first-order chi connectivity index (χ1) is 10.7. The molecular weight excluding hydrogens is 433 g/mol. The van der Waals surface area contributed by atoms with Crippen molar-refractivity contribution in [3.05, 3.63) is 0 Å². The van der Waals surface area contributed by atoms with Crippen LogP contribution in [0, 0.1) is 11.3 Å². The van der Waals surface area contributed by atoms with E-state index in [4.69, 9.17) is 4.99 Å². The molecule has 1 fully saturated rings. The van der Waals surface area contributed by atoms with Gasteiger partial charge in [-0.05, 0) is 58.3 Å². The van der Waals surface area contributed by atoms with Crippen LogP contribution in [0.1, 0.15) is 67.2 Å². The van der Waals surface area contributed by atoms with Gasteiger partial charge in [-0.3, -0.25) is 9.20 Å². The van der Waals surface area contributed by atoms with Gasteiger partial charge in [0.1, 0.15) is 0 Å². The lowest BCUT2D eigenvalue weighted by Gasteiger charge is -2.42. The molecule has 144 valence electrons. The van der Waals surface area contributed by atoms with Crippen molar-refractivity contribution < 1.29 is 4.21 Å². The maximum absolute atomic E-state index is 12.1. The first kappa shape index (κ1) is 24.1. The van der Waals surface area contributed by atoms with E-state index in [2.05, 4.69) is 31.4 Å². The fourth-order valence-electron chi connectivity index (χ4n) is 3.13. The summed E-state index contributed by atoms with van der Waals surface area (Å²) in [7, 11) is -0.822. The van der Waals surface area contributed by atoms with Crippen LogP contribution in [-0.2, 0) is 10.8 Å². The highest BCUT2D eigenvalue weighted by molar-refractivity contribution is 14.0. The normalized spacial score (nSPS) is 18.5. The summed E-state index contributed by atoms with van der Waals surface area (Å²) in [5.74, 6) is 2.26. The van der Waals surface area contributed by atoms with Crippen molar-refractivity contribution >= 4 is 40.7 Å². The van der Waals surface area contributed by atoms with E-state index >= 15 is 0 Å². The highest BCUT2D eigenvalue weighted by Gasteiger charge is 2.37. The topological polar surface area (TPSA) is 53.5 Å². The molecule has 1 rings (SSSR count). The minimum absolute atomic E-state index is 0. The van der Waals surface area contributed by atoms with E-state index in [0.717, 1.165) is 25.0 Å². The first-order valence-corrected chi connectivity index (χ1v) is 10.4. The second kappa shape index (κ2) is 11.0. The lowest BCUT2D eigenvalue weighted by molar-refractivity contribution is 0.111. The third-order valence-corrected chi connectivity index (χ3v) is 6.38. The SMILES string of the molecule is CCNC(=NCC1(CC(C)C)CCC1)NCCS(=O)C(C)(C)C.I. The van der Waals surface area contributed by atoms with Crippen molar-refractivity contribution in [3.63, 3.8) is 0 Å². The fraction of sp³-hybridized carbons (Fsp3) is 0.944. The van der Waals surface area contributed by atoms with Crippen molar-refractivity contribution in [1.29, 1.82) is 0 Å². The molecule has 0 aliphatic heterocycles. The van der Waals surface area contributed by atoms with E-state index in [9.17, 15) is 4.21 Å². The van der Waals surface area contributed by atoms with Crippen LogP contribution < -0.4 is 10.6 Å². The zero-order valence-electron chi connectivity index (χ0n) is 16.4. The number of hydrogen-bond donors (Lipinski definition) is 2. The smallest absolute Gasteiger partial charge is 0.191 e. The van der Waals surface area contributed by atoms with Gasteiger partial charge < -0.3 is 10.6 Å². The Bertz CT molecular complexity index is 415. The van der Waals surface area contributed by atoms with Gasteiger partial charge in [-0.2, -0.15) is 0 Å². The number of aliphatic imine (C=N–C) groups is 1. The Morgan fingerprint density at radius 1 is 1.25 bits per heavy atom. The molecule has 0 spiro atoms. The minimum Gasteiger partial charge on any atom is -0.357 e. The summed E-state index contributed by atoms with van der Waals surface area (Å²) < 4.78 is 12.0. The molecule has 1 atom stereocenters. The number of nitrogens with zero attached hydrogens (tertiary/aromatic N) is 1. The molecule has 2 N–H and O–H groups in total. The molecule has 0 aromatic rings. The Labute approximate surface area is 168 Å². The molecule has 1 saturated carbocycles. The maximum atomic E-state index is 12.1. The molecule has 0 bridgehead atoms. The van der Waals surface area contributed by atoms with Gasteiger partial charge in [0.25, 0.3) is 0 Å². The van der Waals surface area contributed by atoms with Crippen LogP contribution in [0.2, 0.25) is 0 Å². The lowest BCUT2D eigenvalue weighted by Crippen LogP contribution is -2.42. The molecule has 0 aromatic heterocycles. The average Bonchev–Trinajstić information content (AvgIpc) is 2.39. The van der Waals surface area contributed by atoms with E-state index < -0.39 is 10.8 Å². The van der Waals surface area contributed by atoms with Gasteiger partial charge in [0.05, 0.1) is 0 Å². The van der Waals surface area contributed by atoms with Gasteiger partial charge in [0, 0.05) is 40.9 Å². The summed E-state index contributed by atoms with van der Waals surface area (Å²) in [5, 5.41) is 6.65. The number of hydrogen-bond acceptors (Lipinski definition) is 2. The third-order valence-electron chi connectivity index (χ3n) is 4.44. The van der Waals surface area contributed by atoms with Gasteiger partial charge in [0.15, 0.2) is 5.96 Å². The molecule has 0 saturated heterocycles. The molecule has 0 heterocycles. The molecule has 0 aromatic carbocycles. The van der Waals surface area contributed by atoms with Crippen molar-refractivity contribution in [2.45, 2.75) is 72.0 Å². The predicted molar refractivity (Wildman–Crippen MR) is 118 cm³/mol. The van der Waals surface area contributed by atoms with Crippen LogP contribution in [0.15, 0.2) is 4.99 Å². The molecule has 0 amide bonds. The van der Waals surface area contributed by atoms with Crippen LogP contribution in [0.3, 0.4) is 0 Å². The molecule has 1 unspecified atom stereocenters. The molecule has 6 heteroatoms. The zero-order chi connectivity index (χ0) is 17.5. The van der Waals surface area contributed by atoms with E-state index in [-0.39, 0.29) is 28.7 Å². The molecular formula is C18H38IN3OS. The Balaban J connectivity index is 0.00000529. The summed E-state index contributed by atoms with van der Waals surface area (Å²) >= 11 is 0. The highest BCUT2D eigenvalue weighted by atomic mass is 127. The number of rotatable bonds is 8. The molecule has 1 aliphatic rings. The fourth-order valence-corrected chi connectivity index (χ4v) is 4.03. The molecule has 4 nitrogen and oxygen atoms in total. The molecule has 0 radical (unpaired) electrons. The first-order valence-electron chi connectivity index (χ1n) is 9.09. The van der Waals surface area contributed by atoms with Crippen LogP contribution in [0.4, 0.5) is 0 Å². The zero-order valence-corrected chi connectivity index (χ0v) is 19.6.